The highest BCUT2D eigenvalue weighted by atomic mass is 16.5. The van der Waals surface area contributed by atoms with Crippen LogP contribution in [0.15, 0.2) is 12.1 Å². The predicted molar refractivity (Wildman–Crippen MR) is 85.7 cm³/mol. The van der Waals surface area contributed by atoms with E-state index in [-0.39, 0.29) is 5.41 Å². The lowest BCUT2D eigenvalue weighted by atomic mass is 9.86. The van der Waals surface area contributed by atoms with E-state index in [2.05, 4.69) is 26.8 Å². The quantitative estimate of drug-likeness (QED) is 0.718. The molecular formula is C17H32O2. The van der Waals surface area contributed by atoms with Crippen LogP contribution in [0.1, 0.15) is 59.6 Å². The van der Waals surface area contributed by atoms with Crippen LogP contribution in [0, 0.1) is 6.92 Å². The van der Waals surface area contributed by atoms with E-state index in [1.807, 2.05) is 40.7 Å². The van der Waals surface area contributed by atoms with Crippen molar-refractivity contribution in [3.05, 3.63) is 23.3 Å². The van der Waals surface area contributed by atoms with Crippen LogP contribution in [0.3, 0.4) is 0 Å². The molecule has 1 aromatic carbocycles. The third kappa shape index (κ3) is 6.00. The summed E-state index contributed by atoms with van der Waals surface area (Å²) in [5.74, 6) is 1.63. The van der Waals surface area contributed by atoms with Gasteiger partial charge >= 0.3 is 0 Å². The lowest BCUT2D eigenvalue weighted by Crippen LogP contribution is -2.12. The molecule has 0 aromatic heterocycles. The van der Waals surface area contributed by atoms with Gasteiger partial charge in [0.25, 0.3) is 0 Å². The Labute approximate surface area is 120 Å². The van der Waals surface area contributed by atoms with Crippen LogP contribution in [0.4, 0.5) is 0 Å². The first-order chi connectivity index (χ1) is 8.90. The Bertz CT molecular complexity index is 349. The van der Waals surface area contributed by atoms with Crippen LogP contribution in [0.25, 0.3) is 0 Å². The Morgan fingerprint density at radius 3 is 1.63 bits per heavy atom. The van der Waals surface area contributed by atoms with Crippen molar-refractivity contribution in [1.82, 2.24) is 0 Å². The Balaban J connectivity index is 0. The van der Waals surface area contributed by atoms with Crippen LogP contribution in [-0.2, 0) is 5.41 Å². The van der Waals surface area contributed by atoms with Crippen LogP contribution in [0.2, 0.25) is 0 Å². The number of hydrogen-bond donors (Lipinski definition) is 0. The van der Waals surface area contributed by atoms with E-state index in [4.69, 9.17) is 9.47 Å². The first kappa shape index (κ1) is 20.1. The van der Waals surface area contributed by atoms with Crippen molar-refractivity contribution in [3.8, 4) is 11.5 Å². The predicted octanol–water partition coefficient (Wildman–Crippen LogP) is 5.36. The normalized spacial score (nSPS) is 9.58. The summed E-state index contributed by atoms with van der Waals surface area (Å²) in [5.41, 5.74) is 2.50. The lowest BCUT2D eigenvalue weighted by molar-refractivity contribution is 0.351. The fourth-order valence-corrected chi connectivity index (χ4v) is 1.59. The molecule has 0 aliphatic rings. The highest BCUT2D eigenvalue weighted by Gasteiger charge is 2.18. The summed E-state index contributed by atoms with van der Waals surface area (Å²) in [6.07, 6.45) is 0. The molecule has 0 aliphatic heterocycles. The van der Waals surface area contributed by atoms with Gasteiger partial charge in [-0.1, -0.05) is 54.5 Å². The fourth-order valence-electron chi connectivity index (χ4n) is 1.59. The summed E-state index contributed by atoms with van der Waals surface area (Å²) in [5, 5.41) is 0. The maximum absolute atomic E-state index is 5.33. The summed E-state index contributed by atoms with van der Waals surface area (Å²) in [7, 11) is 3.34. The van der Waals surface area contributed by atoms with Gasteiger partial charge < -0.3 is 9.47 Å². The first-order valence-electron chi connectivity index (χ1n) is 7.13. The maximum Gasteiger partial charge on any atom is 0.163 e. The zero-order chi connectivity index (χ0) is 15.6. The van der Waals surface area contributed by atoms with Crippen molar-refractivity contribution in [1.29, 1.82) is 0 Å². The first-order valence-corrected chi connectivity index (χ1v) is 7.13. The standard InChI is InChI=1S/C13H20O2.2C2H6/c1-9-7-10(13(2,3)4)8-11(14-5)12(9)15-6;2*1-2/h7-8H,1-6H3;2*1-2H3. The van der Waals surface area contributed by atoms with Gasteiger partial charge in [-0.25, -0.2) is 0 Å². The number of rotatable bonds is 2. The van der Waals surface area contributed by atoms with Gasteiger partial charge in [0.1, 0.15) is 0 Å². The van der Waals surface area contributed by atoms with Gasteiger partial charge in [0, 0.05) is 0 Å². The van der Waals surface area contributed by atoms with Crippen LogP contribution in [0.5, 0.6) is 11.5 Å². The second-order valence-corrected chi connectivity index (χ2v) is 4.78. The molecule has 0 saturated carbocycles. The molecule has 0 unspecified atom stereocenters. The molecule has 0 atom stereocenters. The van der Waals surface area contributed by atoms with Crippen molar-refractivity contribution >= 4 is 0 Å². The number of ether oxygens (including phenoxy) is 2. The minimum Gasteiger partial charge on any atom is -0.493 e. The van der Waals surface area contributed by atoms with E-state index < -0.39 is 0 Å². The largest absolute Gasteiger partial charge is 0.493 e. The van der Waals surface area contributed by atoms with E-state index >= 15 is 0 Å². The molecule has 2 heteroatoms. The van der Waals surface area contributed by atoms with Gasteiger partial charge in [0.2, 0.25) is 0 Å². The summed E-state index contributed by atoms with van der Waals surface area (Å²) in [4.78, 5) is 0. The zero-order valence-electron chi connectivity index (χ0n) is 14.5. The molecule has 19 heavy (non-hydrogen) atoms. The molecule has 0 amide bonds. The second-order valence-electron chi connectivity index (χ2n) is 4.78. The van der Waals surface area contributed by atoms with E-state index in [0.717, 1.165) is 17.1 Å². The zero-order valence-corrected chi connectivity index (χ0v) is 14.5. The molecule has 0 bridgehead atoms. The van der Waals surface area contributed by atoms with Gasteiger partial charge in [-0.05, 0) is 29.5 Å². The van der Waals surface area contributed by atoms with Crippen molar-refractivity contribution in [2.24, 2.45) is 0 Å². The molecule has 0 radical (unpaired) electrons. The topological polar surface area (TPSA) is 18.5 Å². The summed E-state index contributed by atoms with van der Waals surface area (Å²) >= 11 is 0. The van der Waals surface area contributed by atoms with Crippen molar-refractivity contribution < 1.29 is 9.47 Å². The summed E-state index contributed by atoms with van der Waals surface area (Å²) < 4.78 is 10.6. The molecular weight excluding hydrogens is 236 g/mol. The summed E-state index contributed by atoms with van der Waals surface area (Å²) in [6, 6.07) is 4.20. The Kier molecular flexibility index (Phi) is 10.3. The summed E-state index contributed by atoms with van der Waals surface area (Å²) in [6.45, 7) is 16.6. The minimum absolute atomic E-state index is 0.129. The van der Waals surface area contributed by atoms with Crippen LogP contribution < -0.4 is 9.47 Å². The number of aryl methyl sites for hydroxylation is 1. The number of methoxy groups -OCH3 is 2. The van der Waals surface area contributed by atoms with Gasteiger partial charge in [-0.3, -0.25) is 0 Å². The van der Waals surface area contributed by atoms with Crippen molar-refractivity contribution in [2.45, 2.75) is 60.8 Å². The SMILES string of the molecule is CC.CC.COc1cc(C(C)(C)C)cc(C)c1OC. The molecule has 0 N–H and O–H groups in total. The van der Waals surface area contributed by atoms with E-state index in [0.29, 0.717) is 0 Å². The molecule has 0 spiro atoms. The number of benzene rings is 1. The van der Waals surface area contributed by atoms with E-state index in [1.165, 1.54) is 5.56 Å². The van der Waals surface area contributed by atoms with Crippen molar-refractivity contribution in [2.75, 3.05) is 14.2 Å². The second kappa shape index (κ2) is 9.71. The van der Waals surface area contributed by atoms with Crippen LogP contribution >= 0.6 is 0 Å². The molecule has 0 aliphatic carbocycles. The van der Waals surface area contributed by atoms with Gasteiger partial charge in [0.05, 0.1) is 14.2 Å². The molecule has 1 rings (SSSR count). The van der Waals surface area contributed by atoms with Crippen molar-refractivity contribution in [3.63, 3.8) is 0 Å². The molecule has 0 saturated heterocycles. The van der Waals surface area contributed by atoms with Gasteiger partial charge in [-0.15, -0.1) is 0 Å². The molecule has 0 heterocycles. The highest BCUT2D eigenvalue weighted by Crippen LogP contribution is 2.35. The smallest absolute Gasteiger partial charge is 0.163 e. The maximum atomic E-state index is 5.33. The van der Waals surface area contributed by atoms with Gasteiger partial charge in [0.15, 0.2) is 11.5 Å². The van der Waals surface area contributed by atoms with Gasteiger partial charge in [-0.2, -0.15) is 0 Å². The van der Waals surface area contributed by atoms with E-state index in [9.17, 15) is 0 Å². The molecule has 0 fully saturated rings. The van der Waals surface area contributed by atoms with Crippen LogP contribution in [-0.4, -0.2) is 14.2 Å². The average Bonchev–Trinajstić information content (AvgIpc) is 2.41. The monoisotopic (exact) mass is 268 g/mol. The molecule has 2 nitrogen and oxygen atoms in total. The number of hydrogen-bond acceptors (Lipinski definition) is 2. The third-order valence-corrected chi connectivity index (χ3v) is 2.53. The minimum atomic E-state index is 0.129. The fraction of sp³-hybridized carbons (Fsp3) is 0.647. The van der Waals surface area contributed by atoms with E-state index in [1.54, 1.807) is 14.2 Å². The lowest BCUT2D eigenvalue weighted by Gasteiger charge is -2.22. The Morgan fingerprint density at radius 1 is 0.842 bits per heavy atom. The average molecular weight is 268 g/mol. The molecule has 1 aromatic rings. The molecule has 112 valence electrons. The highest BCUT2D eigenvalue weighted by molar-refractivity contribution is 5.50. The Hall–Kier alpha value is -1.18. The third-order valence-electron chi connectivity index (χ3n) is 2.53. The Morgan fingerprint density at radius 2 is 1.32 bits per heavy atom.